The van der Waals surface area contributed by atoms with E-state index >= 15 is 0 Å². The maximum absolute atomic E-state index is 13.6. The Morgan fingerprint density at radius 2 is 1.92 bits per heavy atom. The number of halogens is 1. The number of aryl methyl sites for hydroxylation is 1. The molecule has 1 saturated carbocycles. The Hall–Kier alpha value is -2.53. The Kier molecular flexibility index (Phi) is 4.09. The van der Waals surface area contributed by atoms with E-state index in [1.165, 1.54) is 17.7 Å². The Balaban J connectivity index is 1.68. The standard InChI is InChI=1S/C20H20FN3O/c1-23-19-10-7-15(21)11-17(19)22-18(20(23)25)13-24(16-8-9-16)12-14-5-3-2-4-6-14/h2-7,10-11,16H,8-9,12-13H2,1H3. The summed E-state index contributed by atoms with van der Waals surface area (Å²) >= 11 is 0. The van der Waals surface area contributed by atoms with E-state index in [1.807, 2.05) is 18.2 Å². The number of benzene rings is 2. The van der Waals surface area contributed by atoms with E-state index in [9.17, 15) is 9.18 Å². The van der Waals surface area contributed by atoms with E-state index < -0.39 is 0 Å². The molecular formula is C20H20FN3O. The Bertz CT molecular complexity index is 964. The highest BCUT2D eigenvalue weighted by Gasteiger charge is 2.30. The first-order chi connectivity index (χ1) is 12.1. The highest BCUT2D eigenvalue weighted by Crippen LogP contribution is 2.29. The van der Waals surface area contributed by atoms with Crippen molar-refractivity contribution in [3.05, 3.63) is 76.0 Å². The molecule has 0 radical (unpaired) electrons. The van der Waals surface area contributed by atoms with Crippen LogP contribution in [-0.2, 0) is 20.1 Å². The van der Waals surface area contributed by atoms with E-state index in [0.717, 1.165) is 19.4 Å². The van der Waals surface area contributed by atoms with E-state index in [-0.39, 0.29) is 11.4 Å². The third-order valence-electron chi connectivity index (χ3n) is 4.75. The monoisotopic (exact) mass is 337 g/mol. The van der Waals surface area contributed by atoms with Crippen LogP contribution in [0.5, 0.6) is 0 Å². The third-order valence-corrected chi connectivity index (χ3v) is 4.75. The number of rotatable bonds is 5. The third kappa shape index (κ3) is 3.33. The number of hydrogen-bond acceptors (Lipinski definition) is 3. The molecule has 0 bridgehead atoms. The van der Waals surface area contributed by atoms with Gasteiger partial charge >= 0.3 is 0 Å². The zero-order valence-corrected chi connectivity index (χ0v) is 14.2. The van der Waals surface area contributed by atoms with Crippen LogP contribution in [0, 0.1) is 5.82 Å². The smallest absolute Gasteiger partial charge is 0.273 e. The van der Waals surface area contributed by atoms with E-state index in [2.05, 4.69) is 22.0 Å². The van der Waals surface area contributed by atoms with Crippen molar-refractivity contribution in [1.82, 2.24) is 14.5 Å². The van der Waals surface area contributed by atoms with Gasteiger partial charge in [-0.05, 0) is 30.5 Å². The molecule has 128 valence electrons. The van der Waals surface area contributed by atoms with E-state index in [0.29, 0.717) is 29.3 Å². The van der Waals surface area contributed by atoms with Gasteiger partial charge in [-0.15, -0.1) is 0 Å². The Morgan fingerprint density at radius 3 is 2.64 bits per heavy atom. The minimum atomic E-state index is -0.340. The van der Waals surface area contributed by atoms with Gasteiger partial charge in [-0.25, -0.2) is 9.37 Å². The van der Waals surface area contributed by atoms with Crippen molar-refractivity contribution < 1.29 is 4.39 Å². The van der Waals surface area contributed by atoms with Gasteiger partial charge in [-0.1, -0.05) is 30.3 Å². The highest BCUT2D eigenvalue weighted by atomic mass is 19.1. The van der Waals surface area contributed by atoms with Crippen LogP contribution in [-0.4, -0.2) is 20.5 Å². The predicted octanol–water partition coefficient (Wildman–Crippen LogP) is 3.24. The molecule has 1 aliphatic rings. The molecule has 0 saturated heterocycles. The fraction of sp³-hybridized carbons (Fsp3) is 0.300. The van der Waals surface area contributed by atoms with Crippen LogP contribution in [0.3, 0.4) is 0 Å². The second-order valence-corrected chi connectivity index (χ2v) is 6.68. The molecule has 0 aliphatic heterocycles. The summed E-state index contributed by atoms with van der Waals surface area (Å²) in [6.07, 6.45) is 2.30. The summed E-state index contributed by atoms with van der Waals surface area (Å²) in [6.45, 7) is 1.27. The molecule has 0 spiro atoms. The molecule has 0 N–H and O–H groups in total. The molecule has 3 aromatic rings. The summed E-state index contributed by atoms with van der Waals surface area (Å²) in [5, 5.41) is 0. The quantitative estimate of drug-likeness (QED) is 0.717. The average molecular weight is 337 g/mol. The predicted molar refractivity (Wildman–Crippen MR) is 95.7 cm³/mol. The first kappa shape index (κ1) is 16.0. The van der Waals surface area contributed by atoms with Gasteiger partial charge in [0.15, 0.2) is 0 Å². The zero-order valence-electron chi connectivity index (χ0n) is 14.2. The van der Waals surface area contributed by atoms with Gasteiger partial charge in [-0.2, -0.15) is 0 Å². The van der Waals surface area contributed by atoms with Crippen LogP contribution in [0.4, 0.5) is 4.39 Å². The van der Waals surface area contributed by atoms with Crippen molar-refractivity contribution in [2.75, 3.05) is 0 Å². The molecule has 4 nitrogen and oxygen atoms in total. The van der Waals surface area contributed by atoms with Gasteiger partial charge in [0.25, 0.3) is 5.56 Å². The van der Waals surface area contributed by atoms with Crippen molar-refractivity contribution in [3.8, 4) is 0 Å². The number of fused-ring (bicyclic) bond motifs is 1. The summed E-state index contributed by atoms with van der Waals surface area (Å²) in [5.41, 5.74) is 2.75. The lowest BCUT2D eigenvalue weighted by Gasteiger charge is -2.22. The molecule has 1 aromatic heterocycles. The lowest BCUT2D eigenvalue weighted by molar-refractivity contribution is 0.241. The van der Waals surface area contributed by atoms with Gasteiger partial charge in [0.1, 0.15) is 11.5 Å². The van der Waals surface area contributed by atoms with Gasteiger partial charge < -0.3 is 4.57 Å². The van der Waals surface area contributed by atoms with Crippen molar-refractivity contribution in [1.29, 1.82) is 0 Å². The summed E-state index contributed by atoms with van der Waals surface area (Å²) in [6, 6.07) is 15.1. The van der Waals surface area contributed by atoms with Crippen LogP contribution in [0.2, 0.25) is 0 Å². The summed E-state index contributed by atoms with van der Waals surface area (Å²) < 4.78 is 15.1. The number of hydrogen-bond donors (Lipinski definition) is 0. The second kappa shape index (κ2) is 6.41. The van der Waals surface area contributed by atoms with Gasteiger partial charge in [0, 0.05) is 32.2 Å². The second-order valence-electron chi connectivity index (χ2n) is 6.68. The maximum Gasteiger partial charge on any atom is 0.273 e. The van der Waals surface area contributed by atoms with Gasteiger partial charge in [0.2, 0.25) is 0 Å². The van der Waals surface area contributed by atoms with E-state index in [1.54, 1.807) is 17.7 Å². The summed E-state index contributed by atoms with van der Waals surface area (Å²) in [5.74, 6) is -0.340. The minimum absolute atomic E-state index is 0.113. The first-order valence-electron chi connectivity index (χ1n) is 8.55. The van der Waals surface area contributed by atoms with Crippen LogP contribution >= 0.6 is 0 Å². The molecule has 4 rings (SSSR count). The first-order valence-corrected chi connectivity index (χ1v) is 8.55. The van der Waals surface area contributed by atoms with Crippen molar-refractivity contribution >= 4 is 11.0 Å². The molecule has 0 amide bonds. The largest absolute Gasteiger partial charge is 0.308 e. The van der Waals surface area contributed by atoms with Crippen molar-refractivity contribution in [2.45, 2.75) is 32.0 Å². The van der Waals surface area contributed by atoms with E-state index in [4.69, 9.17) is 0 Å². The fourth-order valence-electron chi connectivity index (χ4n) is 3.23. The topological polar surface area (TPSA) is 38.1 Å². The average Bonchev–Trinajstić information content (AvgIpc) is 3.44. The van der Waals surface area contributed by atoms with Gasteiger partial charge in [-0.3, -0.25) is 9.69 Å². The van der Waals surface area contributed by atoms with Crippen LogP contribution in [0.15, 0.2) is 53.3 Å². The molecule has 0 unspecified atom stereocenters. The Morgan fingerprint density at radius 1 is 1.16 bits per heavy atom. The van der Waals surface area contributed by atoms with Crippen molar-refractivity contribution in [2.24, 2.45) is 7.05 Å². The van der Waals surface area contributed by atoms with Gasteiger partial charge in [0.05, 0.1) is 11.0 Å². The summed E-state index contributed by atoms with van der Waals surface area (Å²) in [4.78, 5) is 19.4. The summed E-state index contributed by atoms with van der Waals surface area (Å²) in [7, 11) is 1.71. The van der Waals surface area contributed by atoms with Crippen LogP contribution in [0.1, 0.15) is 24.1 Å². The lowest BCUT2D eigenvalue weighted by atomic mass is 10.2. The lowest BCUT2D eigenvalue weighted by Crippen LogP contribution is -2.31. The highest BCUT2D eigenvalue weighted by molar-refractivity contribution is 5.74. The molecule has 1 fully saturated rings. The molecule has 5 heteroatoms. The SMILES string of the molecule is Cn1c(=O)c(CN(Cc2ccccc2)C2CC2)nc2cc(F)ccc21. The number of nitrogens with zero attached hydrogens (tertiary/aromatic N) is 3. The van der Waals surface area contributed by atoms with Crippen LogP contribution < -0.4 is 5.56 Å². The number of aromatic nitrogens is 2. The zero-order chi connectivity index (χ0) is 17.4. The van der Waals surface area contributed by atoms with Crippen LogP contribution in [0.25, 0.3) is 11.0 Å². The van der Waals surface area contributed by atoms with Crippen molar-refractivity contribution in [3.63, 3.8) is 0 Å². The molecule has 1 heterocycles. The Labute approximate surface area is 145 Å². The molecule has 2 aromatic carbocycles. The maximum atomic E-state index is 13.6. The fourth-order valence-corrected chi connectivity index (χ4v) is 3.23. The molecule has 0 atom stereocenters. The molecular weight excluding hydrogens is 317 g/mol. The molecule has 25 heavy (non-hydrogen) atoms. The normalized spacial score (nSPS) is 14.4. The molecule has 1 aliphatic carbocycles. The minimum Gasteiger partial charge on any atom is -0.308 e.